The van der Waals surface area contributed by atoms with E-state index in [-0.39, 0.29) is 17.9 Å². The lowest BCUT2D eigenvalue weighted by Gasteiger charge is -2.37. The van der Waals surface area contributed by atoms with Crippen LogP contribution in [-0.4, -0.2) is 78.4 Å². The molecule has 3 aliphatic rings. The maximum Gasteiger partial charge on any atom is 0.241 e. The molecule has 0 bridgehead atoms. The topological polar surface area (TPSA) is 55.9 Å². The zero-order valence-corrected chi connectivity index (χ0v) is 18.4. The van der Waals surface area contributed by atoms with Crippen LogP contribution in [-0.2, 0) is 22.4 Å². The van der Waals surface area contributed by atoms with E-state index >= 15 is 0 Å². The van der Waals surface area contributed by atoms with Gasteiger partial charge in [-0.2, -0.15) is 0 Å². The molecule has 2 amide bonds. The average Bonchev–Trinajstić information content (AvgIpc) is 3.05. The quantitative estimate of drug-likeness (QED) is 0.808. The highest BCUT2D eigenvalue weighted by molar-refractivity contribution is 5.94. The summed E-state index contributed by atoms with van der Waals surface area (Å²) in [5, 5.41) is 3.11. The fourth-order valence-electron chi connectivity index (χ4n) is 4.98. The molecule has 4 rings (SSSR count). The molecule has 0 aromatic heterocycles. The second kappa shape index (κ2) is 9.92. The van der Waals surface area contributed by atoms with Crippen LogP contribution < -0.4 is 5.32 Å². The van der Waals surface area contributed by atoms with Gasteiger partial charge in [-0.05, 0) is 62.3 Å². The Morgan fingerprint density at radius 1 is 0.900 bits per heavy atom. The Bertz CT molecular complexity index is 750. The third-order valence-electron chi connectivity index (χ3n) is 7.02. The summed E-state index contributed by atoms with van der Waals surface area (Å²) in [7, 11) is 0. The lowest BCUT2D eigenvalue weighted by molar-refractivity contribution is -0.133. The van der Waals surface area contributed by atoms with Crippen molar-refractivity contribution in [2.24, 2.45) is 0 Å². The SMILES string of the molecule is C[C@@H](C(=O)Nc1ccc2c(c1)CCC2)N1CCN(CC(=O)N2CCCCCC2)CC1. The first-order valence-electron chi connectivity index (χ1n) is 11.8. The second-order valence-corrected chi connectivity index (χ2v) is 9.11. The Balaban J connectivity index is 1.23. The highest BCUT2D eigenvalue weighted by Crippen LogP contribution is 2.25. The number of amides is 2. The summed E-state index contributed by atoms with van der Waals surface area (Å²) in [5.41, 5.74) is 3.71. The Labute approximate surface area is 180 Å². The summed E-state index contributed by atoms with van der Waals surface area (Å²) in [6.07, 6.45) is 8.25. The molecule has 1 aromatic rings. The van der Waals surface area contributed by atoms with Gasteiger partial charge in [0.15, 0.2) is 0 Å². The smallest absolute Gasteiger partial charge is 0.241 e. The van der Waals surface area contributed by atoms with Gasteiger partial charge in [-0.3, -0.25) is 19.4 Å². The number of carbonyl (C=O) groups excluding carboxylic acids is 2. The maximum absolute atomic E-state index is 12.8. The minimum Gasteiger partial charge on any atom is -0.342 e. The van der Waals surface area contributed by atoms with Gasteiger partial charge in [-0.25, -0.2) is 0 Å². The summed E-state index contributed by atoms with van der Waals surface area (Å²) < 4.78 is 0. The summed E-state index contributed by atoms with van der Waals surface area (Å²) in [6.45, 7) is 7.67. The normalized spacial score (nSPS) is 21.7. The van der Waals surface area contributed by atoms with Crippen LogP contribution in [0.5, 0.6) is 0 Å². The van der Waals surface area contributed by atoms with E-state index < -0.39 is 0 Å². The highest BCUT2D eigenvalue weighted by atomic mass is 16.2. The van der Waals surface area contributed by atoms with Crippen LogP contribution in [0.15, 0.2) is 18.2 Å². The largest absolute Gasteiger partial charge is 0.342 e. The fourth-order valence-corrected chi connectivity index (χ4v) is 4.98. The Hall–Kier alpha value is -1.92. The number of piperazine rings is 1. The number of hydrogen-bond donors (Lipinski definition) is 1. The summed E-state index contributed by atoms with van der Waals surface area (Å²) in [6, 6.07) is 6.16. The molecule has 1 aliphatic carbocycles. The van der Waals surface area contributed by atoms with Gasteiger partial charge in [-0.15, -0.1) is 0 Å². The van der Waals surface area contributed by atoms with Crippen LogP contribution >= 0.6 is 0 Å². The van der Waals surface area contributed by atoms with Crippen LogP contribution in [0.25, 0.3) is 0 Å². The number of likely N-dealkylation sites (tertiary alicyclic amines) is 1. The van der Waals surface area contributed by atoms with Crippen LogP contribution in [0, 0.1) is 0 Å². The first kappa shape index (κ1) is 21.3. The van der Waals surface area contributed by atoms with Crippen molar-refractivity contribution in [2.45, 2.75) is 57.9 Å². The number of rotatable bonds is 5. The predicted molar refractivity (Wildman–Crippen MR) is 120 cm³/mol. The molecule has 0 spiro atoms. The zero-order chi connectivity index (χ0) is 20.9. The molecule has 0 radical (unpaired) electrons. The lowest BCUT2D eigenvalue weighted by atomic mass is 10.1. The number of aryl methyl sites for hydroxylation is 2. The van der Waals surface area contributed by atoms with Crippen molar-refractivity contribution in [3.05, 3.63) is 29.3 Å². The summed E-state index contributed by atoms with van der Waals surface area (Å²) in [4.78, 5) is 31.9. The van der Waals surface area contributed by atoms with Crippen molar-refractivity contribution in [2.75, 3.05) is 51.1 Å². The Morgan fingerprint density at radius 2 is 1.60 bits per heavy atom. The van der Waals surface area contributed by atoms with Crippen molar-refractivity contribution in [3.63, 3.8) is 0 Å². The summed E-state index contributed by atoms with van der Waals surface area (Å²) >= 11 is 0. The third-order valence-corrected chi connectivity index (χ3v) is 7.02. The molecular formula is C24H36N4O2. The van der Waals surface area contributed by atoms with Crippen molar-refractivity contribution >= 4 is 17.5 Å². The Kier molecular flexibility index (Phi) is 7.05. The molecule has 2 aliphatic heterocycles. The first-order chi connectivity index (χ1) is 14.6. The monoisotopic (exact) mass is 412 g/mol. The number of nitrogens with zero attached hydrogens (tertiary/aromatic N) is 3. The minimum absolute atomic E-state index is 0.0574. The number of benzene rings is 1. The van der Waals surface area contributed by atoms with E-state index in [9.17, 15) is 9.59 Å². The molecule has 1 aromatic carbocycles. The van der Waals surface area contributed by atoms with Gasteiger partial charge in [0.2, 0.25) is 11.8 Å². The lowest BCUT2D eigenvalue weighted by Crippen LogP contribution is -2.54. The molecular weight excluding hydrogens is 376 g/mol. The molecule has 0 unspecified atom stereocenters. The molecule has 2 saturated heterocycles. The standard InChI is InChI=1S/C24H36N4O2/c1-19(24(30)25-22-10-9-20-7-6-8-21(20)17-22)27-15-13-26(14-16-27)18-23(29)28-11-4-2-3-5-12-28/h9-10,17,19H,2-8,11-16,18H2,1H3,(H,25,30)/t19-/m0/s1. The number of anilines is 1. The summed E-state index contributed by atoms with van der Waals surface area (Å²) in [5.74, 6) is 0.329. The molecule has 6 nitrogen and oxygen atoms in total. The van der Waals surface area contributed by atoms with Gasteiger partial charge in [0.25, 0.3) is 0 Å². The van der Waals surface area contributed by atoms with Crippen molar-refractivity contribution in [3.8, 4) is 0 Å². The van der Waals surface area contributed by atoms with Crippen molar-refractivity contribution in [1.82, 2.24) is 14.7 Å². The van der Waals surface area contributed by atoms with Crippen molar-refractivity contribution < 1.29 is 9.59 Å². The van der Waals surface area contributed by atoms with E-state index in [1.807, 2.05) is 17.9 Å². The van der Waals surface area contributed by atoms with Gasteiger partial charge in [-0.1, -0.05) is 18.9 Å². The van der Waals surface area contributed by atoms with E-state index in [0.717, 1.165) is 70.6 Å². The van der Waals surface area contributed by atoms with E-state index in [1.165, 1.54) is 30.4 Å². The van der Waals surface area contributed by atoms with Gasteiger partial charge >= 0.3 is 0 Å². The molecule has 1 atom stereocenters. The maximum atomic E-state index is 12.8. The molecule has 2 fully saturated rings. The van der Waals surface area contributed by atoms with E-state index in [4.69, 9.17) is 0 Å². The van der Waals surface area contributed by atoms with Gasteiger partial charge < -0.3 is 10.2 Å². The number of carbonyl (C=O) groups is 2. The molecule has 30 heavy (non-hydrogen) atoms. The van der Waals surface area contributed by atoms with Crippen LogP contribution in [0.1, 0.15) is 50.2 Å². The van der Waals surface area contributed by atoms with E-state index in [2.05, 4.69) is 27.2 Å². The Morgan fingerprint density at radius 3 is 2.33 bits per heavy atom. The van der Waals surface area contributed by atoms with Crippen LogP contribution in [0.3, 0.4) is 0 Å². The third kappa shape index (κ3) is 5.22. The number of nitrogens with one attached hydrogen (secondary N) is 1. The van der Waals surface area contributed by atoms with E-state index in [1.54, 1.807) is 0 Å². The highest BCUT2D eigenvalue weighted by Gasteiger charge is 2.27. The van der Waals surface area contributed by atoms with E-state index in [0.29, 0.717) is 6.54 Å². The van der Waals surface area contributed by atoms with Crippen LogP contribution in [0.4, 0.5) is 5.69 Å². The number of fused-ring (bicyclic) bond motifs is 1. The van der Waals surface area contributed by atoms with Gasteiger partial charge in [0, 0.05) is 45.0 Å². The van der Waals surface area contributed by atoms with Crippen LogP contribution in [0.2, 0.25) is 0 Å². The first-order valence-corrected chi connectivity index (χ1v) is 11.8. The molecule has 2 heterocycles. The molecule has 1 N–H and O–H groups in total. The van der Waals surface area contributed by atoms with Gasteiger partial charge in [0.1, 0.15) is 0 Å². The van der Waals surface area contributed by atoms with Gasteiger partial charge in [0.05, 0.1) is 12.6 Å². The predicted octanol–water partition coefficient (Wildman–Crippen LogP) is 2.52. The number of hydrogen-bond acceptors (Lipinski definition) is 4. The fraction of sp³-hybridized carbons (Fsp3) is 0.667. The van der Waals surface area contributed by atoms with Crippen molar-refractivity contribution in [1.29, 1.82) is 0 Å². The second-order valence-electron chi connectivity index (χ2n) is 9.11. The average molecular weight is 413 g/mol. The zero-order valence-electron chi connectivity index (χ0n) is 18.4. The minimum atomic E-state index is -0.165. The molecule has 0 saturated carbocycles. The molecule has 6 heteroatoms. The molecule has 164 valence electrons.